The SMILES string of the molecule is C=COCCNC(=O)CCCC. The Morgan fingerprint density at radius 1 is 1.67 bits per heavy atom. The lowest BCUT2D eigenvalue weighted by atomic mass is 10.2. The quantitative estimate of drug-likeness (QED) is 0.465. The first-order valence-electron chi connectivity index (χ1n) is 4.30. The van der Waals surface area contributed by atoms with Crippen LogP contribution in [0.15, 0.2) is 12.8 Å². The summed E-state index contributed by atoms with van der Waals surface area (Å²) in [5, 5.41) is 2.74. The molecule has 0 aromatic carbocycles. The Bertz CT molecular complexity index is 134. The molecule has 0 rings (SSSR count). The van der Waals surface area contributed by atoms with Gasteiger partial charge in [0.25, 0.3) is 0 Å². The third-order valence-electron chi connectivity index (χ3n) is 1.42. The fourth-order valence-electron chi connectivity index (χ4n) is 0.758. The fraction of sp³-hybridized carbons (Fsp3) is 0.667. The van der Waals surface area contributed by atoms with Gasteiger partial charge in [-0.1, -0.05) is 19.9 Å². The third-order valence-corrected chi connectivity index (χ3v) is 1.42. The molecule has 0 unspecified atom stereocenters. The molecule has 0 atom stereocenters. The van der Waals surface area contributed by atoms with Crippen LogP contribution < -0.4 is 5.32 Å². The molecule has 0 aliphatic rings. The molecule has 0 saturated carbocycles. The lowest BCUT2D eigenvalue weighted by Gasteiger charge is -2.03. The van der Waals surface area contributed by atoms with Crippen molar-refractivity contribution in [3.05, 3.63) is 12.8 Å². The number of ether oxygens (including phenoxy) is 1. The summed E-state index contributed by atoms with van der Waals surface area (Å²) in [4.78, 5) is 11.0. The van der Waals surface area contributed by atoms with Gasteiger partial charge >= 0.3 is 0 Å². The van der Waals surface area contributed by atoms with E-state index in [0.29, 0.717) is 19.6 Å². The molecule has 1 amide bonds. The van der Waals surface area contributed by atoms with E-state index in [1.165, 1.54) is 6.26 Å². The van der Waals surface area contributed by atoms with E-state index < -0.39 is 0 Å². The van der Waals surface area contributed by atoms with E-state index in [4.69, 9.17) is 4.74 Å². The van der Waals surface area contributed by atoms with Gasteiger partial charge in [0.05, 0.1) is 12.8 Å². The van der Waals surface area contributed by atoms with Crippen molar-refractivity contribution in [1.29, 1.82) is 0 Å². The van der Waals surface area contributed by atoms with Crippen molar-refractivity contribution < 1.29 is 9.53 Å². The number of carbonyl (C=O) groups excluding carboxylic acids is 1. The van der Waals surface area contributed by atoms with Crippen molar-refractivity contribution in [3.8, 4) is 0 Å². The minimum absolute atomic E-state index is 0.101. The van der Waals surface area contributed by atoms with Crippen LogP contribution in [0, 0.1) is 0 Å². The molecule has 70 valence electrons. The van der Waals surface area contributed by atoms with Crippen LogP contribution in [-0.4, -0.2) is 19.1 Å². The van der Waals surface area contributed by atoms with E-state index >= 15 is 0 Å². The summed E-state index contributed by atoms with van der Waals surface area (Å²) in [5.74, 6) is 0.101. The van der Waals surface area contributed by atoms with Gasteiger partial charge in [0.15, 0.2) is 0 Å². The zero-order chi connectivity index (χ0) is 9.23. The van der Waals surface area contributed by atoms with Crippen LogP contribution in [0.1, 0.15) is 26.2 Å². The minimum Gasteiger partial charge on any atom is -0.500 e. The van der Waals surface area contributed by atoms with Gasteiger partial charge in [-0.05, 0) is 6.42 Å². The maximum atomic E-state index is 11.0. The molecule has 0 aliphatic carbocycles. The summed E-state index contributed by atoms with van der Waals surface area (Å²) in [6.07, 6.45) is 3.99. The molecule has 0 saturated heterocycles. The molecule has 0 aromatic rings. The number of carbonyl (C=O) groups is 1. The van der Waals surface area contributed by atoms with Gasteiger partial charge in [0, 0.05) is 6.42 Å². The molecular formula is C9H17NO2. The van der Waals surface area contributed by atoms with Gasteiger partial charge in [-0.25, -0.2) is 0 Å². The van der Waals surface area contributed by atoms with Crippen molar-refractivity contribution in [2.24, 2.45) is 0 Å². The van der Waals surface area contributed by atoms with E-state index in [9.17, 15) is 4.79 Å². The van der Waals surface area contributed by atoms with Gasteiger partial charge < -0.3 is 10.1 Å². The number of nitrogens with one attached hydrogen (secondary N) is 1. The summed E-state index contributed by atoms with van der Waals surface area (Å²) in [5.41, 5.74) is 0. The van der Waals surface area contributed by atoms with E-state index in [1.807, 2.05) is 0 Å². The summed E-state index contributed by atoms with van der Waals surface area (Å²) in [6, 6.07) is 0. The van der Waals surface area contributed by atoms with Crippen molar-refractivity contribution in [1.82, 2.24) is 5.32 Å². The van der Waals surface area contributed by atoms with Crippen LogP contribution in [0.4, 0.5) is 0 Å². The zero-order valence-corrected chi connectivity index (χ0v) is 7.64. The van der Waals surface area contributed by atoms with Crippen LogP contribution in [0.3, 0.4) is 0 Å². The molecule has 3 heteroatoms. The Hall–Kier alpha value is -0.990. The highest BCUT2D eigenvalue weighted by molar-refractivity contribution is 5.75. The van der Waals surface area contributed by atoms with Crippen LogP contribution in [0.2, 0.25) is 0 Å². The van der Waals surface area contributed by atoms with Gasteiger partial charge in [0.2, 0.25) is 5.91 Å². The minimum atomic E-state index is 0.101. The Morgan fingerprint density at radius 2 is 2.42 bits per heavy atom. The summed E-state index contributed by atoms with van der Waals surface area (Å²) in [6.45, 7) is 6.52. The largest absolute Gasteiger partial charge is 0.500 e. The van der Waals surface area contributed by atoms with Gasteiger partial charge in [-0.3, -0.25) is 4.79 Å². The Kier molecular flexibility index (Phi) is 7.44. The van der Waals surface area contributed by atoms with Crippen molar-refractivity contribution in [2.75, 3.05) is 13.2 Å². The smallest absolute Gasteiger partial charge is 0.220 e. The van der Waals surface area contributed by atoms with Crippen LogP contribution in [0.25, 0.3) is 0 Å². The molecule has 0 aliphatic heterocycles. The van der Waals surface area contributed by atoms with Gasteiger partial charge in [0.1, 0.15) is 6.61 Å². The van der Waals surface area contributed by atoms with E-state index in [-0.39, 0.29) is 5.91 Å². The summed E-state index contributed by atoms with van der Waals surface area (Å²) in [7, 11) is 0. The summed E-state index contributed by atoms with van der Waals surface area (Å²) >= 11 is 0. The number of hydrogen-bond donors (Lipinski definition) is 1. The number of rotatable bonds is 7. The standard InChI is InChI=1S/C9H17NO2/c1-3-5-6-9(11)10-7-8-12-4-2/h4H,2-3,5-8H2,1H3,(H,10,11). The van der Waals surface area contributed by atoms with Gasteiger partial charge in [-0.2, -0.15) is 0 Å². The van der Waals surface area contributed by atoms with E-state index in [1.54, 1.807) is 0 Å². The van der Waals surface area contributed by atoms with Crippen LogP contribution in [0.5, 0.6) is 0 Å². The maximum Gasteiger partial charge on any atom is 0.220 e. The highest BCUT2D eigenvalue weighted by Crippen LogP contribution is 1.92. The first kappa shape index (κ1) is 11.0. The zero-order valence-electron chi connectivity index (χ0n) is 7.64. The molecule has 0 aromatic heterocycles. The maximum absolute atomic E-state index is 11.0. The predicted octanol–water partition coefficient (Wildman–Crippen LogP) is 1.45. The van der Waals surface area contributed by atoms with Crippen molar-refractivity contribution in [2.45, 2.75) is 26.2 Å². The molecule has 0 radical (unpaired) electrons. The van der Waals surface area contributed by atoms with Crippen molar-refractivity contribution >= 4 is 5.91 Å². The Balaban J connectivity index is 3.13. The monoisotopic (exact) mass is 171 g/mol. The third kappa shape index (κ3) is 7.12. The number of unbranched alkanes of at least 4 members (excludes halogenated alkanes) is 1. The highest BCUT2D eigenvalue weighted by Gasteiger charge is 1.97. The average Bonchev–Trinajstić information content (AvgIpc) is 2.09. The second kappa shape index (κ2) is 8.11. The van der Waals surface area contributed by atoms with Gasteiger partial charge in [-0.15, -0.1) is 0 Å². The first-order chi connectivity index (χ1) is 5.81. The lowest BCUT2D eigenvalue weighted by molar-refractivity contribution is -0.121. The second-order valence-electron chi connectivity index (χ2n) is 2.49. The fourth-order valence-corrected chi connectivity index (χ4v) is 0.758. The van der Waals surface area contributed by atoms with E-state index in [2.05, 4.69) is 18.8 Å². The lowest BCUT2D eigenvalue weighted by Crippen LogP contribution is -2.26. The molecule has 0 spiro atoms. The van der Waals surface area contributed by atoms with Crippen LogP contribution in [-0.2, 0) is 9.53 Å². The van der Waals surface area contributed by atoms with E-state index in [0.717, 1.165) is 12.8 Å². The molecule has 0 fully saturated rings. The molecule has 12 heavy (non-hydrogen) atoms. The number of hydrogen-bond acceptors (Lipinski definition) is 2. The molecule has 0 bridgehead atoms. The Morgan fingerprint density at radius 3 is 3.00 bits per heavy atom. The van der Waals surface area contributed by atoms with Crippen LogP contribution >= 0.6 is 0 Å². The molecular weight excluding hydrogens is 154 g/mol. The molecule has 0 heterocycles. The Labute approximate surface area is 73.8 Å². The molecule has 3 nitrogen and oxygen atoms in total. The normalized spacial score (nSPS) is 9.08. The highest BCUT2D eigenvalue weighted by atomic mass is 16.5. The average molecular weight is 171 g/mol. The first-order valence-corrected chi connectivity index (χ1v) is 4.30. The predicted molar refractivity (Wildman–Crippen MR) is 48.7 cm³/mol. The van der Waals surface area contributed by atoms with Crippen molar-refractivity contribution in [3.63, 3.8) is 0 Å². The second-order valence-corrected chi connectivity index (χ2v) is 2.49. The topological polar surface area (TPSA) is 38.3 Å². The summed E-state index contributed by atoms with van der Waals surface area (Å²) < 4.78 is 4.84. The molecule has 1 N–H and O–H groups in total. The number of amides is 1.